The molecule has 19 heavy (non-hydrogen) atoms. The predicted octanol–water partition coefficient (Wildman–Crippen LogP) is 2.70. The van der Waals surface area contributed by atoms with E-state index < -0.39 is 0 Å². The molecule has 0 unspecified atom stereocenters. The van der Waals surface area contributed by atoms with Gasteiger partial charge in [-0.1, -0.05) is 6.07 Å². The van der Waals surface area contributed by atoms with E-state index in [1.165, 1.54) is 11.3 Å². The van der Waals surface area contributed by atoms with Crippen LogP contribution >= 0.6 is 11.3 Å². The summed E-state index contributed by atoms with van der Waals surface area (Å²) in [5, 5.41) is 5.51. The van der Waals surface area contributed by atoms with E-state index in [4.69, 9.17) is 0 Å². The average molecular weight is 272 g/mol. The zero-order valence-electron chi connectivity index (χ0n) is 11.1. The lowest BCUT2D eigenvalue weighted by Crippen LogP contribution is -2.16. The van der Waals surface area contributed by atoms with Crippen molar-refractivity contribution in [3.05, 3.63) is 52.6 Å². The first kappa shape index (κ1) is 12.3. The maximum Gasteiger partial charge on any atom is 0.194 e. The van der Waals surface area contributed by atoms with Crippen LogP contribution in [0, 0.1) is 13.8 Å². The molecular formula is C14H16N4S. The zero-order valence-corrected chi connectivity index (χ0v) is 11.9. The molecule has 0 aromatic carbocycles. The van der Waals surface area contributed by atoms with Crippen molar-refractivity contribution in [3.8, 4) is 0 Å². The number of hydrogen-bond donors (Lipinski definition) is 1. The van der Waals surface area contributed by atoms with Gasteiger partial charge in [0.25, 0.3) is 0 Å². The van der Waals surface area contributed by atoms with Crippen LogP contribution in [0.15, 0.2) is 29.9 Å². The molecule has 0 aliphatic carbocycles. The number of thiazole rings is 1. The van der Waals surface area contributed by atoms with Gasteiger partial charge in [0, 0.05) is 30.9 Å². The van der Waals surface area contributed by atoms with Crippen molar-refractivity contribution in [2.24, 2.45) is 0 Å². The summed E-state index contributed by atoms with van der Waals surface area (Å²) in [5.74, 6) is 0. The monoisotopic (exact) mass is 272 g/mol. The maximum absolute atomic E-state index is 4.54. The summed E-state index contributed by atoms with van der Waals surface area (Å²) >= 11 is 1.67. The van der Waals surface area contributed by atoms with Crippen LogP contribution in [-0.2, 0) is 13.1 Å². The number of imidazole rings is 1. The van der Waals surface area contributed by atoms with Gasteiger partial charge in [-0.15, -0.1) is 11.3 Å². The van der Waals surface area contributed by atoms with Gasteiger partial charge in [-0.05, 0) is 25.5 Å². The van der Waals surface area contributed by atoms with Crippen LogP contribution in [0.4, 0.5) is 0 Å². The highest BCUT2D eigenvalue weighted by Gasteiger charge is 2.09. The van der Waals surface area contributed by atoms with E-state index in [9.17, 15) is 0 Å². The molecule has 0 aliphatic heterocycles. The van der Waals surface area contributed by atoms with E-state index >= 15 is 0 Å². The zero-order chi connectivity index (χ0) is 13.2. The predicted molar refractivity (Wildman–Crippen MR) is 77.3 cm³/mol. The molecule has 4 nitrogen and oxygen atoms in total. The van der Waals surface area contributed by atoms with Crippen LogP contribution in [0.1, 0.15) is 22.6 Å². The second-order valence-corrected chi connectivity index (χ2v) is 5.44. The molecule has 0 saturated heterocycles. The molecule has 0 spiro atoms. The molecule has 1 N–H and O–H groups in total. The quantitative estimate of drug-likeness (QED) is 0.794. The molecule has 3 heterocycles. The molecule has 98 valence electrons. The lowest BCUT2D eigenvalue weighted by molar-refractivity contribution is 0.658. The van der Waals surface area contributed by atoms with Gasteiger partial charge < -0.3 is 5.32 Å². The maximum atomic E-state index is 4.54. The van der Waals surface area contributed by atoms with Crippen LogP contribution in [0.3, 0.4) is 0 Å². The van der Waals surface area contributed by atoms with Crippen molar-refractivity contribution >= 4 is 16.3 Å². The first-order chi connectivity index (χ1) is 9.25. The summed E-state index contributed by atoms with van der Waals surface area (Å²) in [6, 6.07) is 4.06. The van der Waals surface area contributed by atoms with Gasteiger partial charge in [0.15, 0.2) is 4.96 Å². The number of aryl methyl sites for hydroxylation is 2. The normalized spacial score (nSPS) is 11.3. The molecule has 3 aromatic heterocycles. The fourth-order valence-electron chi connectivity index (χ4n) is 2.16. The second kappa shape index (κ2) is 5.11. The van der Waals surface area contributed by atoms with Gasteiger partial charge in [-0.2, -0.15) is 0 Å². The largest absolute Gasteiger partial charge is 0.305 e. The van der Waals surface area contributed by atoms with E-state index in [-0.39, 0.29) is 0 Å². The number of nitrogens with zero attached hydrogens (tertiary/aromatic N) is 3. The average Bonchev–Trinajstić information content (AvgIpc) is 2.94. The van der Waals surface area contributed by atoms with E-state index in [1.807, 2.05) is 12.3 Å². The Bertz CT molecular complexity index is 698. The third-order valence-electron chi connectivity index (χ3n) is 3.26. The summed E-state index contributed by atoms with van der Waals surface area (Å²) in [4.78, 5) is 9.99. The number of fused-ring (bicyclic) bond motifs is 1. The third kappa shape index (κ3) is 2.39. The lowest BCUT2D eigenvalue weighted by Gasteiger charge is -2.06. The Balaban J connectivity index is 1.71. The molecule has 5 heteroatoms. The van der Waals surface area contributed by atoms with Crippen molar-refractivity contribution in [2.75, 3.05) is 0 Å². The topological polar surface area (TPSA) is 42.2 Å². The Hall–Kier alpha value is -1.72. The fraction of sp³-hybridized carbons (Fsp3) is 0.286. The van der Waals surface area contributed by atoms with E-state index in [1.54, 1.807) is 11.3 Å². The second-order valence-electron chi connectivity index (χ2n) is 4.57. The van der Waals surface area contributed by atoms with Crippen LogP contribution in [0.5, 0.6) is 0 Å². The Morgan fingerprint density at radius 1 is 1.32 bits per heavy atom. The summed E-state index contributed by atoms with van der Waals surface area (Å²) in [7, 11) is 0. The minimum Gasteiger partial charge on any atom is -0.305 e. The molecular weight excluding hydrogens is 256 g/mol. The summed E-state index contributed by atoms with van der Waals surface area (Å²) in [5.41, 5.74) is 4.65. The summed E-state index contributed by atoms with van der Waals surface area (Å²) in [6.45, 7) is 5.73. The number of nitrogens with one attached hydrogen (secondary N) is 1. The van der Waals surface area contributed by atoms with E-state index in [0.717, 1.165) is 29.4 Å². The third-order valence-corrected chi connectivity index (χ3v) is 4.02. The van der Waals surface area contributed by atoms with Crippen molar-refractivity contribution < 1.29 is 0 Å². The highest BCUT2D eigenvalue weighted by molar-refractivity contribution is 7.15. The van der Waals surface area contributed by atoms with Gasteiger partial charge in [-0.3, -0.25) is 9.38 Å². The number of pyridine rings is 1. The summed E-state index contributed by atoms with van der Waals surface area (Å²) in [6.07, 6.45) is 3.91. The Morgan fingerprint density at radius 2 is 2.21 bits per heavy atom. The number of hydrogen-bond acceptors (Lipinski definition) is 4. The molecule has 3 rings (SSSR count). The van der Waals surface area contributed by atoms with Gasteiger partial charge >= 0.3 is 0 Å². The Morgan fingerprint density at radius 3 is 3.05 bits per heavy atom. The van der Waals surface area contributed by atoms with Crippen molar-refractivity contribution in [3.63, 3.8) is 0 Å². The highest BCUT2D eigenvalue weighted by atomic mass is 32.1. The smallest absolute Gasteiger partial charge is 0.194 e. The molecule has 0 radical (unpaired) electrons. The lowest BCUT2D eigenvalue weighted by atomic mass is 10.2. The molecule has 0 atom stereocenters. The first-order valence-corrected chi connectivity index (χ1v) is 7.16. The molecule has 3 aromatic rings. The minimum atomic E-state index is 0.781. The first-order valence-electron chi connectivity index (χ1n) is 6.28. The number of aromatic nitrogens is 3. The Labute approximate surface area is 116 Å². The van der Waals surface area contributed by atoms with Gasteiger partial charge in [0.2, 0.25) is 0 Å². The van der Waals surface area contributed by atoms with Crippen molar-refractivity contribution in [1.29, 1.82) is 0 Å². The van der Waals surface area contributed by atoms with Crippen LogP contribution in [-0.4, -0.2) is 14.4 Å². The number of rotatable bonds is 4. The molecule has 0 saturated carbocycles. The van der Waals surface area contributed by atoms with Crippen molar-refractivity contribution in [1.82, 2.24) is 19.7 Å². The summed E-state index contributed by atoms with van der Waals surface area (Å²) < 4.78 is 2.15. The van der Waals surface area contributed by atoms with Crippen LogP contribution < -0.4 is 5.32 Å². The minimum absolute atomic E-state index is 0.781. The molecule has 0 aliphatic rings. The standard InChI is InChI=1S/C14H16N4S/c1-10-4-3-5-16-12(10)8-15-9-13-11(2)17-14-18(13)6-7-19-14/h3-7,15H,8-9H2,1-2H3. The van der Waals surface area contributed by atoms with Crippen LogP contribution in [0.2, 0.25) is 0 Å². The Kier molecular flexibility index (Phi) is 3.31. The van der Waals surface area contributed by atoms with Gasteiger partial charge in [-0.25, -0.2) is 4.98 Å². The van der Waals surface area contributed by atoms with Gasteiger partial charge in [0.05, 0.1) is 17.1 Å². The fourth-order valence-corrected chi connectivity index (χ4v) is 2.94. The van der Waals surface area contributed by atoms with Crippen LogP contribution in [0.25, 0.3) is 4.96 Å². The van der Waals surface area contributed by atoms with Gasteiger partial charge in [0.1, 0.15) is 0 Å². The van der Waals surface area contributed by atoms with Crippen molar-refractivity contribution in [2.45, 2.75) is 26.9 Å². The molecule has 0 bridgehead atoms. The SMILES string of the molecule is Cc1cccnc1CNCc1c(C)nc2sccn12. The molecule has 0 fully saturated rings. The van der Waals surface area contributed by atoms with E-state index in [2.05, 4.69) is 51.2 Å². The molecule has 0 amide bonds. The van der Waals surface area contributed by atoms with E-state index in [0.29, 0.717) is 0 Å². The highest BCUT2D eigenvalue weighted by Crippen LogP contribution is 2.16.